The highest BCUT2D eigenvalue weighted by molar-refractivity contribution is 9.10. The maximum atomic E-state index is 12.6. The summed E-state index contributed by atoms with van der Waals surface area (Å²) < 4.78 is 2.05. The second-order valence-corrected chi connectivity index (χ2v) is 7.45. The number of rotatable bonds is 6. The second kappa shape index (κ2) is 9.98. The number of fused-ring (bicyclic) bond motifs is 1. The first-order chi connectivity index (χ1) is 14.9. The van der Waals surface area contributed by atoms with Gasteiger partial charge in [0.1, 0.15) is 0 Å². The summed E-state index contributed by atoms with van der Waals surface area (Å²) in [4.78, 5) is 49.0. The van der Waals surface area contributed by atoms with Gasteiger partial charge < -0.3 is 5.32 Å². The van der Waals surface area contributed by atoms with Gasteiger partial charge in [-0.25, -0.2) is 4.68 Å². The smallest absolute Gasteiger partial charge is 0.290 e. The fourth-order valence-electron chi connectivity index (χ4n) is 2.86. The van der Waals surface area contributed by atoms with E-state index in [1.54, 1.807) is 55.5 Å². The highest BCUT2D eigenvalue weighted by Gasteiger charge is 2.16. The Morgan fingerprint density at radius 2 is 1.65 bits per heavy atom. The van der Waals surface area contributed by atoms with E-state index in [1.165, 1.54) is 4.68 Å². The highest BCUT2D eigenvalue weighted by atomic mass is 79.9. The lowest BCUT2D eigenvalue weighted by Gasteiger charge is -2.11. The molecule has 0 saturated heterocycles. The maximum Gasteiger partial charge on any atom is 0.290 e. The van der Waals surface area contributed by atoms with Gasteiger partial charge in [0.15, 0.2) is 5.69 Å². The van der Waals surface area contributed by atoms with Gasteiger partial charge in [0.2, 0.25) is 5.91 Å². The van der Waals surface area contributed by atoms with Crippen LogP contribution >= 0.6 is 15.9 Å². The molecule has 0 fully saturated rings. The largest absolute Gasteiger partial charge is 0.352 e. The van der Waals surface area contributed by atoms with Crippen molar-refractivity contribution in [1.82, 2.24) is 25.9 Å². The molecule has 0 radical (unpaired) electrons. The normalized spacial score (nSPS) is 10.5. The van der Waals surface area contributed by atoms with E-state index in [2.05, 4.69) is 37.2 Å². The van der Waals surface area contributed by atoms with E-state index >= 15 is 0 Å². The minimum Gasteiger partial charge on any atom is -0.352 e. The van der Waals surface area contributed by atoms with Crippen molar-refractivity contribution in [2.45, 2.75) is 19.9 Å². The third-order valence-electron chi connectivity index (χ3n) is 4.44. The van der Waals surface area contributed by atoms with E-state index in [4.69, 9.17) is 0 Å². The molecule has 0 saturated carbocycles. The minimum atomic E-state index is -0.648. The predicted octanol–water partition coefficient (Wildman–Crippen LogP) is 1.76. The van der Waals surface area contributed by atoms with Crippen LogP contribution in [-0.2, 0) is 11.3 Å². The van der Waals surface area contributed by atoms with Gasteiger partial charge in [-0.15, -0.1) is 0 Å². The number of benzene rings is 2. The molecule has 0 spiro atoms. The molecule has 160 valence electrons. The molecule has 3 aromatic rings. The predicted molar refractivity (Wildman–Crippen MR) is 118 cm³/mol. The van der Waals surface area contributed by atoms with Crippen molar-refractivity contribution in [3.05, 3.63) is 74.6 Å². The molecular weight excluding hydrogens is 466 g/mol. The summed E-state index contributed by atoms with van der Waals surface area (Å²) in [5.74, 6) is -1.44. The summed E-state index contributed by atoms with van der Waals surface area (Å²) in [6, 6.07) is 13.5. The molecule has 0 aliphatic heterocycles. The van der Waals surface area contributed by atoms with Crippen LogP contribution in [-0.4, -0.2) is 34.0 Å². The summed E-state index contributed by atoms with van der Waals surface area (Å²) >= 11 is 3.30. The molecular formula is C21H20BrN5O4. The van der Waals surface area contributed by atoms with E-state index in [-0.39, 0.29) is 30.1 Å². The molecule has 0 aliphatic rings. The maximum absolute atomic E-state index is 12.6. The van der Waals surface area contributed by atoms with E-state index < -0.39 is 11.8 Å². The summed E-state index contributed by atoms with van der Waals surface area (Å²) in [7, 11) is 0. The first-order valence-corrected chi connectivity index (χ1v) is 10.3. The van der Waals surface area contributed by atoms with E-state index in [1.807, 2.05) is 0 Å². The van der Waals surface area contributed by atoms with Crippen LogP contribution < -0.4 is 21.7 Å². The van der Waals surface area contributed by atoms with Gasteiger partial charge in [-0.1, -0.05) is 34.1 Å². The number of halogens is 1. The van der Waals surface area contributed by atoms with Crippen molar-refractivity contribution >= 4 is 44.4 Å². The van der Waals surface area contributed by atoms with Crippen LogP contribution in [0.4, 0.5) is 0 Å². The standard InChI is InChI=1S/C21H20BrN5O4/c1-2-27-21(31)16-6-4-3-5-15(16)18(26-27)20(30)25-24-17(28)11-12-23-19(29)13-7-9-14(22)10-8-13/h3-10H,2,11-12H2,1H3,(H,23,29)(H,24,28)(H,25,30). The number of hydrogen-bond acceptors (Lipinski definition) is 5. The SMILES string of the molecule is CCn1nc(C(=O)NNC(=O)CCNC(=O)c2ccc(Br)cc2)c2ccccc2c1=O. The van der Waals surface area contributed by atoms with Crippen LogP contribution in [0.25, 0.3) is 10.8 Å². The average Bonchev–Trinajstić information content (AvgIpc) is 2.78. The van der Waals surface area contributed by atoms with Crippen LogP contribution in [0.3, 0.4) is 0 Å². The molecule has 3 amide bonds. The van der Waals surface area contributed by atoms with Gasteiger partial charge >= 0.3 is 0 Å². The lowest BCUT2D eigenvalue weighted by Crippen LogP contribution is -2.43. The topological polar surface area (TPSA) is 122 Å². The lowest BCUT2D eigenvalue weighted by atomic mass is 10.1. The van der Waals surface area contributed by atoms with Gasteiger partial charge in [0.05, 0.1) is 5.39 Å². The average molecular weight is 486 g/mol. The van der Waals surface area contributed by atoms with Crippen LogP contribution in [0.1, 0.15) is 34.2 Å². The molecule has 0 unspecified atom stereocenters. The third-order valence-corrected chi connectivity index (χ3v) is 4.97. The molecule has 10 heteroatoms. The molecule has 3 N–H and O–H groups in total. The summed E-state index contributed by atoms with van der Waals surface area (Å²) in [5.41, 5.74) is 4.81. The first-order valence-electron chi connectivity index (χ1n) is 9.53. The Kier molecular flexibility index (Phi) is 7.14. The fourth-order valence-corrected chi connectivity index (χ4v) is 3.12. The minimum absolute atomic E-state index is 0.0286. The highest BCUT2D eigenvalue weighted by Crippen LogP contribution is 2.13. The van der Waals surface area contributed by atoms with Gasteiger partial charge in [-0.2, -0.15) is 5.10 Å². The van der Waals surface area contributed by atoms with Gasteiger partial charge in [-0.05, 0) is 37.3 Å². The summed E-state index contributed by atoms with van der Waals surface area (Å²) in [6.45, 7) is 2.14. The number of hydrogen-bond donors (Lipinski definition) is 3. The quantitative estimate of drug-likeness (QED) is 0.459. The molecule has 3 rings (SSSR count). The lowest BCUT2D eigenvalue weighted by molar-refractivity contribution is -0.121. The molecule has 0 atom stereocenters. The Balaban J connectivity index is 1.56. The molecule has 0 aliphatic carbocycles. The number of carbonyl (C=O) groups is 3. The zero-order chi connectivity index (χ0) is 22.4. The number of nitrogens with zero attached hydrogens (tertiary/aromatic N) is 2. The van der Waals surface area contributed by atoms with Crippen molar-refractivity contribution in [1.29, 1.82) is 0 Å². The van der Waals surface area contributed by atoms with Crippen LogP contribution in [0.5, 0.6) is 0 Å². The van der Waals surface area contributed by atoms with Crippen molar-refractivity contribution in [2.24, 2.45) is 0 Å². The van der Waals surface area contributed by atoms with E-state index in [9.17, 15) is 19.2 Å². The number of nitrogens with one attached hydrogen (secondary N) is 3. The molecule has 0 bridgehead atoms. The Hall–Kier alpha value is -3.53. The van der Waals surface area contributed by atoms with Crippen LogP contribution in [0.15, 0.2) is 57.8 Å². The van der Waals surface area contributed by atoms with E-state index in [0.717, 1.165) is 4.47 Å². The van der Waals surface area contributed by atoms with Crippen LogP contribution in [0.2, 0.25) is 0 Å². The zero-order valence-corrected chi connectivity index (χ0v) is 18.2. The molecule has 2 aromatic carbocycles. The molecule has 1 heterocycles. The summed E-state index contributed by atoms with van der Waals surface area (Å²) in [5, 5.41) is 7.50. The summed E-state index contributed by atoms with van der Waals surface area (Å²) in [6.07, 6.45) is -0.0365. The van der Waals surface area contributed by atoms with Crippen molar-refractivity contribution < 1.29 is 14.4 Å². The fraction of sp³-hybridized carbons (Fsp3) is 0.190. The molecule has 9 nitrogen and oxygen atoms in total. The van der Waals surface area contributed by atoms with Crippen molar-refractivity contribution in [3.8, 4) is 0 Å². The zero-order valence-electron chi connectivity index (χ0n) is 16.6. The van der Waals surface area contributed by atoms with Crippen LogP contribution in [0, 0.1) is 0 Å². The number of carbonyl (C=O) groups excluding carboxylic acids is 3. The number of aromatic nitrogens is 2. The van der Waals surface area contributed by atoms with Crippen molar-refractivity contribution in [2.75, 3.05) is 6.54 Å². The third kappa shape index (κ3) is 5.34. The number of amides is 3. The first kappa shape index (κ1) is 22.2. The van der Waals surface area contributed by atoms with Gasteiger partial charge in [0.25, 0.3) is 17.4 Å². The monoisotopic (exact) mass is 485 g/mol. The number of hydrazine groups is 1. The number of aryl methyl sites for hydroxylation is 1. The van der Waals surface area contributed by atoms with E-state index in [0.29, 0.717) is 22.9 Å². The van der Waals surface area contributed by atoms with Gasteiger partial charge in [-0.3, -0.25) is 30.0 Å². The Labute approximate surface area is 185 Å². The molecule has 1 aromatic heterocycles. The van der Waals surface area contributed by atoms with Crippen molar-refractivity contribution in [3.63, 3.8) is 0 Å². The molecule has 31 heavy (non-hydrogen) atoms. The second-order valence-electron chi connectivity index (χ2n) is 6.53. The Morgan fingerprint density at radius 3 is 2.32 bits per heavy atom. The Bertz CT molecular complexity index is 1190. The van der Waals surface area contributed by atoms with Gasteiger partial charge in [0, 0.05) is 34.9 Å². The Morgan fingerprint density at radius 1 is 0.968 bits per heavy atom.